The average Bonchev–Trinajstić information content (AvgIpc) is 2.49. The Labute approximate surface area is 83.6 Å². The third-order valence-corrected chi connectivity index (χ3v) is 6.30. The monoisotopic (exact) mass is 214 g/mol. The Morgan fingerprint density at radius 2 is 2.08 bits per heavy atom. The first-order chi connectivity index (χ1) is 5.96. The van der Waals surface area contributed by atoms with Gasteiger partial charge in [0, 0.05) is 4.50 Å². The quantitative estimate of drug-likeness (QED) is 0.556. The van der Waals surface area contributed by atoms with Gasteiger partial charge in [-0.25, -0.2) is 4.79 Å². The summed E-state index contributed by atoms with van der Waals surface area (Å²) in [6.07, 6.45) is 0. The Bertz CT molecular complexity index is 312. The molecule has 0 aliphatic heterocycles. The van der Waals surface area contributed by atoms with E-state index in [2.05, 4.69) is 19.6 Å². The highest BCUT2D eigenvalue weighted by molar-refractivity contribution is 7.25. The molecule has 0 atom stereocenters. The molecule has 1 aromatic rings. The maximum Gasteiger partial charge on any atom is 0.338 e. The van der Waals surface area contributed by atoms with Crippen molar-refractivity contribution >= 4 is 29.9 Å². The highest BCUT2D eigenvalue weighted by atomic mass is 32.1. The van der Waals surface area contributed by atoms with Crippen molar-refractivity contribution in [2.24, 2.45) is 0 Å². The fourth-order valence-electron chi connectivity index (χ4n) is 1.16. The standard InChI is InChI=1S/C9H14O2SSi/c1-11-8(10)7-5-6-12-9(7)13(2,3)4/h5-6H,1-4H3. The van der Waals surface area contributed by atoms with Gasteiger partial charge in [-0.2, -0.15) is 11.3 Å². The molecule has 0 amide bonds. The molecule has 13 heavy (non-hydrogen) atoms. The van der Waals surface area contributed by atoms with Crippen LogP contribution in [0.25, 0.3) is 0 Å². The molecule has 2 nitrogen and oxygen atoms in total. The molecule has 0 N–H and O–H groups in total. The molecule has 1 rings (SSSR count). The Morgan fingerprint density at radius 1 is 1.46 bits per heavy atom. The average molecular weight is 214 g/mol. The van der Waals surface area contributed by atoms with Crippen molar-refractivity contribution in [3.05, 3.63) is 17.0 Å². The summed E-state index contributed by atoms with van der Waals surface area (Å²) in [5.74, 6) is -0.210. The van der Waals surface area contributed by atoms with Crippen LogP contribution in [-0.2, 0) is 4.74 Å². The van der Waals surface area contributed by atoms with Crippen molar-refractivity contribution in [2.75, 3.05) is 7.11 Å². The van der Waals surface area contributed by atoms with E-state index in [0.29, 0.717) is 0 Å². The van der Waals surface area contributed by atoms with Gasteiger partial charge in [-0.3, -0.25) is 0 Å². The van der Waals surface area contributed by atoms with Crippen molar-refractivity contribution in [3.8, 4) is 0 Å². The van der Waals surface area contributed by atoms with E-state index in [0.717, 1.165) is 5.56 Å². The Morgan fingerprint density at radius 3 is 2.54 bits per heavy atom. The van der Waals surface area contributed by atoms with E-state index < -0.39 is 8.07 Å². The largest absolute Gasteiger partial charge is 0.465 e. The summed E-state index contributed by atoms with van der Waals surface area (Å²) < 4.78 is 5.94. The van der Waals surface area contributed by atoms with Crippen LogP contribution in [0.4, 0.5) is 0 Å². The zero-order valence-corrected chi connectivity index (χ0v) is 10.2. The maximum atomic E-state index is 11.3. The Kier molecular flexibility index (Phi) is 2.93. The van der Waals surface area contributed by atoms with Crippen LogP contribution in [0.3, 0.4) is 0 Å². The number of ether oxygens (including phenoxy) is 1. The van der Waals surface area contributed by atoms with Crippen LogP contribution >= 0.6 is 11.3 Å². The minimum absolute atomic E-state index is 0.210. The molecule has 0 saturated carbocycles. The lowest BCUT2D eigenvalue weighted by atomic mass is 10.3. The molecule has 0 saturated heterocycles. The molecule has 4 heteroatoms. The predicted molar refractivity (Wildman–Crippen MR) is 58.6 cm³/mol. The molecule has 0 radical (unpaired) electrons. The number of methoxy groups -OCH3 is 1. The second-order valence-corrected chi connectivity index (χ2v) is 10.2. The van der Waals surface area contributed by atoms with E-state index in [9.17, 15) is 4.79 Å². The molecule has 0 spiro atoms. The second kappa shape index (κ2) is 3.63. The zero-order valence-electron chi connectivity index (χ0n) is 8.38. The number of hydrogen-bond donors (Lipinski definition) is 0. The Hall–Kier alpha value is -0.613. The van der Waals surface area contributed by atoms with Gasteiger partial charge in [0.05, 0.1) is 20.7 Å². The van der Waals surface area contributed by atoms with Crippen molar-refractivity contribution in [1.29, 1.82) is 0 Å². The molecule has 1 aromatic heterocycles. The molecular weight excluding hydrogens is 200 g/mol. The lowest BCUT2D eigenvalue weighted by Crippen LogP contribution is -2.38. The molecule has 72 valence electrons. The highest BCUT2D eigenvalue weighted by Gasteiger charge is 2.25. The second-order valence-electron chi connectivity index (χ2n) is 3.90. The fraction of sp³-hybridized carbons (Fsp3) is 0.444. The van der Waals surface area contributed by atoms with E-state index in [-0.39, 0.29) is 5.97 Å². The summed E-state index contributed by atoms with van der Waals surface area (Å²) in [5.41, 5.74) is 0.756. The first-order valence-electron chi connectivity index (χ1n) is 4.13. The van der Waals surface area contributed by atoms with Crippen molar-refractivity contribution in [3.63, 3.8) is 0 Å². The number of hydrogen-bond acceptors (Lipinski definition) is 3. The topological polar surface area (TPSA) is 26.3 Å². The highest BCUT2D eigenvalue weighted by Crippen LogP contribution is 2.13. The van der Waals surface area contributed by atoms with Gasteiger partial charge in [-0.05, 0) is 11.4 Å². The number of carbonyl (C=O) groups is 1. The summed E-state index contributed by atoms with van der Waals surface area (Å²) in [7, 11) is 0.0376. The summed E-state index contributed by atoms with van der Waals surface area (Å²) in [5, 5.41) is 1.96. The van der Waals surface area contributed by atoms with Crippen LogP contribution in [0.2, 0.25) is 19.6 Å². The normalized spacial score (nSPS) is 11.4. The van der Waals surface area contributed by atoms with E-state index in [1.54, 1.807) is 11.3 Å². The fourth-order valence-corrected chi connectivity index (χ4v) is 4.39. The van der Waals surface area contributed by atoms with Crippen molar-refractivity contribution in [1.82, 2.24) is 0 Å². The molecule has 0 aliphatic carbocycles. The summed E-state index contributed by atoms with van der Waals surface area (Å²) in [6.45, 7) is 6.68. The minimum Gasteiger partial charge on any atom is -0.465 e. The van der Waals surface area contributed by atoms with Gasteiger partial charge in [-0.1, -0.05) is 19.6 Å². The Balaban J connectivity index is 3.10. The molecule has 0 fully saturated rings. The van der Waals surface area contributed by atoms with E-state index in [1.165, 1.54) is 11.6 Å². The van der Waals surface area contributed by atoms with Gasteiger partial charge in [0.1, 0.15) is 0 Å². The van der Waals surface area contributed by atoms with Crippen LogP contribution in [0.5, 0.6) is 0 Å². The van der Waals surface area contributed by atoms with Crippen LogP contribution in [0, 0.1) is 0 Å². The van der Waals surface area contributed by atoms with Crippen molar-refractivity contribution in [2.45, 2.75) is 19.6 Å². The van der Waals surface area contributed by atoms with Crippen LogP contribution in [0.1, 0.15) is 10.4 Å². The maximum absolute atomic E-state index is 11.3. The number of rotatable bonds is 2. The van der Waals surface area contributed by atoms with Gasteiger partial charge >= 0.3 is 5.97 Å². The summed E-state index contributed by atoms with van der Waals surface area (Å²) in [6, 6.07) is 1.85. The number of esters is 1. The SMILES string of the molecule is COC(=O)c1ccsc1[Si](C)(C)C. The van der Waals surface area contributed by atoms with E-state index in [1.807, 2.05) is 11.4 Å². The molecule has 0 bridgehead atoms. The molecule has 0 aromatic carbocycles. The van der Waals surface area contributed by atoms with E-state index >= 15 is 0 Å². The lowest BCUT2D eigenvalue weighted by molar-refractivity contribution is 0.0602. The summed E-state index contributed by atoms with van der Waals surface area (Å²) in [4.78, 5) is 11.3. The molecular formula is C9H14O2SSi. The zero-order chi connectivity index (χ0) is 10.1. The van der Waals surface area contributed by atoms with E-state index in [4.69, 9.17) is 4.74 Å². The third-order valence-electron chi connectivity index (χ3n) is 1.75. The molecule has 1 heterocycles. The van der Waals surface area contributed by atoms with Gasteiger partial charge < -0.3 is 4.74 Å². The lowest BCUT2D eigenvalue weighted by Gasteiger charge is -2.15. The van der Waals surface area contributed by atoms with Gasteiger partial charge in [0.25, 0.3) is 0 Å². The number of carbonyl (C=O) groups excluding carboxylic acids is 1. The summed E-state index contributed by atoms with van der Waals surface area (Å²) >= 11 is 1.66. The minimum atomic E-state index is -1.39. The number of thiophene rings is 1. The third kappa shape index (κ3) is 2.19. The van der Waals surface area contributed by atoms with Gasteiger partial charge in [0.15, 0.2) is 0 Å². The molecule has 0 unspecified atom stereocenters. The van der Waals surface area contributed by atoms with Crippen LogP contribution in [0.15, 0.2) is 11.4 Å². The van der Waals surface area contributed by atoms with Crippen molar-refractivity contribution < 1.29 is 9.53 Å². The van der Waals surface area contributed by atoms with Gasteiger partial charge in [-0.15, -0.1) is 0 Å². The van der Waals surface area contributed by atoms with Gasteiger partial charge in [0.2, 0.25) is 0 Å². The van der Waals surface area contributed by atoms with Crippen LogP contribution in [-0.4, -0.2) is 21.2 Å². The first kappa shape index (κ1) is 10.5. The molecule has 0 aliphatic rings. The van der Waals surface area contributed by atoms with Crippen LogP contribution < -0.4 is 4.50 Å². The predicted octanol–water partition coefficient (Wildman–Crippen LogP) is 2.08. The first-order valence-corrected chi connectivity index (χ1v) is 8.51. The smallest absolute Gasteiger partial charge is 0.338 e.